The third kappa shape index (κ3) is 5.69. The van der Waals surface area contributed by atoms with E-state index < -0.39 is 23.6 Å². The van der Waals surface area contributed by atoms with Crippen LogP contribution in [0.2, 0.25) is 0 Å². The number of imidazole rings is 1. The van der Waals surface area contributed by atoms with Gasteiger partial charge in [-0.1, -0.05) is 6.07 Å². The lowest BCUT2D eigenvalue weighted by Crippen LogP contribution is -2.23. The van der Waals surface area contributed by atoms with Crippen LogP contribution >= 0.6 is 11.8 Å². The molecule has 0 radical (unpaired) electrons. The fourth-order valence-electron chi connectivity index (χ4n) is 4.71. The van der Waals surface area contributed by atoms with Crippen LogP contribution in [0.15, 0.2) is 60.0 Å². The summed E-state index contributed by atoms with van der Waals surface area (Å²) in [6, 6.07) is 8.48. The lowest BCUT2D eigenvalue weighted by molar-refractivity contribution is -0.137. The van der Waals surface area contributed by atoms with Crippen LogP contribution in [0.3, 0.4) is 0 Å². The molecule has 2 aliphatic rings. The van der Waals surface area contributed by atoms with Crippen molar-refractivity contribution < 1.29 is 22.8 Å². The molecule has 2 amide bonds. The van der Waals surface area contributed by atoms with Crippen molar-refractivity contribution in [1.82, 2.24) is 19.5 Å². The summed E-state index contributed by atoms with van der Waals surface area (Å²) in [6.45, 7) is 3.46. The van der Waals surface area contributed by atoms with E-state index in [4.69, 9.17) is 0 Å². The standard InChI is InChI=1S/C29H26F3N7O2S/c1-15-3-4-17(27(40)37-20-10-18(29(30,31)32)11-21(12-20)39-8-7-33-16(39)2)9-23(15)38-28(41)22-13-42-25-24(22)34-14-35-26(25)36-19-5-6-19/h3-4,7-12,14,19,22H,5-6,13H2,1-2H3,(H,37,40)(H,38,41)(H,34,35,36). The van der Waals surface area contributed by atoms with Crippen LogP contribution in [0.4, 0.5) is 30.4 Å². The normalized spacial score (nSPS) is 16.2. The number of amides is 2. The molecule has 1 aliphatic carbocycles. The van der Waals surface area contributed by atoms with Crippen molar-refractivity contribution in [3.05, 3.63) is 83.3 Å². The summed E-state index contributed by atoms with van der Waals surface area (Å²) in [4.78, 5) is 40.2. The van der Waals surface area contributed by atoms with Gasteiger partial charge in [-0.25, -0.2) is 15.0 Å². The number of hydrogen-bond acceptors (Lipinski definition) is 7. The molecule has 216 valence electrons. The molecular formula is C29H26F3N7O2S. The van der Waals surface area contributed by atoms with Gasteiger partial charge in [-0.05, 0) is 62.6 Å². The number of aryl methyl sites for hydroxylation is 2. The Bertz CT molecular complexity index is 1700. The van der Waals surface area contributed by atoms with Gasteiger partial charge in [-0.2, -0.15) is 13.2 Å². The highest BCUT2D eigenvalue weighted by molar-refractivity contribution is 7.99. The molecule has 1 aliphatic heterocycles. The zero-order valence-electron chi connectivity index (χ0n) is 22.6. The van der Waals surface area contributed by atoms with E-state index in [1.807, 2.05) is 0 Å². The van der Waals surface area contributed by atoms with Crippen molar-refractivity contribution in [1.29, 1.82) is 0 Å². The Hall–Kier alpha value is -4.39. The van der Waals surface area contributed by atoms with Crippen molar-refractivity contribution in [3.63, 3.8) is 0 Å². The third-order valence-electron chi connectivity index (χ3n) is 7.15. The van der Waals surface area contributed by atoms with Crippen molar-refractivity contribution >= 4 is 40.8 Å². The van der Waals surface area contributed by atoms with Crippen molar-refractivity contribution in [3.8, 4) is 5.69 Å². The average molecular weight is 594 g/mol. The molecule has 1 atom stereocenters. The first-order valence-electron chi connectivity index (χ1n) is 13.3. The number of aromatic nitrogens is 4. The number of fused-ring (bicyclic) bond motifs is 1. The number of carbonyl (C=O) groups is 2. The summed E-state index contributed by atoms with van der Waals surface area (Å²) in [7, 11) is 0. The Morgan fingerprint density at radius 3 is 2.55 bits per heavy atom. The number of nitrogens with one attached hydrogen (secondary N) is 3. The van der Waals surface area contributed by atoms with Gasteiger partial charge in [0.15, 0.2) is 0 Å². The monoisotopic (exact) mass is 593 g/mol. The van der Waals surface area contributed by atoms with Crippen molar-refractivity contribution in [2.45, 2.75) is 49.7 Å². The van der Waals surface area contributed by atoms with Crippen LogP contribution in [-0.4, -0.2) is 43.1 Å². The molecule has 13 heteroatoms. The summed E-state index contributed by atoms with van der Waals surface area (Å²) in [5.74, 6) is 0.362. The molecule has 0 saturated heterocycles. The highest BCUT2D eigenvalue weighted by atomic mass is 32.2. The van der Waals surface area contributed by atoms with Gasteiger partial charge in [0.1, 0.15) is 18.0 Å². The van der Waals surface area contributed by atoms with E-state index in [0.29, 0.717) is 29.0 Å². The molecule has 4 aromatic rings. The number of benzene rings is 2. The molecule has 1 unspecified atom stereocenters. The van der Waals surface area contributed by atoms with Gasteiger partial charge in [-0.15, -0.1) is 11.8 Å². The summed E-state index contributed by atoms with van der Waals surface area (Å²) in [6.07, 6.45) is 2.05. The minimum Gasteiger partial charge on any atom is -0.366 e. The molecule has 9 nitrogen and oxygen atoms in total. The Labute approximate surface area is 243 Å². The number of alkyl halides is 3. The van der Waals surface area contributed by atoms with E-state index in [2.05, 4.69) is 30.9 Å². The SMILES string of the molecule is Cc1ccc(C(=O)Nc2cc(-n3ccnc3C)cc(C(F)(F)F)c2)cc1NC(=O)C1CSc2c(NC3CC3)ncnc21. The van der Waals surface area contributed by atoms with Crippen LogP contribution < -0.4 is 16.0 Å². The summed E-state index contributed by atoms with van der Waals surface area (Å²) in [5.41, 5.74) is 1.26. The van der Waals surface area contributed by atoms with Crippen LogP contribution in [0.1, 0.15) is 51.8 Å². The number of anilines is 3. The van der Waals surface area contributed by atoms with E-state index in [-0.39, 0.29) is 22.8 Å². The molecule has 3 heterocycles. The third-order valence-corrected chi connectivity index (χ3v) is 8.35. The topological polar surface area (TPSA) is 114 Å². The molecule has 42 heavy (non-hydrogen) atoms. The summed E-state index contributed by atoms with van der Waals surface area (Å²) in [5, 5.41) is 8.88. The Morgan fingerprint density at radius 2 is 1.83 bits per heavy atom. The maximum Gasteiger partial charge on any atom is 0.416 e. The number of thioether (sulfide) groups is 1. The van der Waals surface area contributed by atoms with Crippen molar-refractivity contribution in [2.24, 2.45) is 0 Å². The Balaban J connectivity index is 1.22. The van der Waals surface area contributed by atoms with E-state index >= 15 is 0 Å². The van der Waals surface area contributed by atoms with Crippen LogP contribution in [0.5, 0.6) is 0 Å². The van der Waals surface area contributed by atoms with E-state index in [1.165, 1.54) is 41.0 Å². The van der Waals surface area contributed by atoms with Gasteiger partial charge in [0, 0.05) is 46.8 Å². The highest BCUT2D eigenvalue weighted by Crippen LogP contribution is 2.43. The minimum atomic E-state index is -4.62. The molecule has 3 N–H and O–H groups in total. The van der Waals surface area contributed by atoms with Gasteiger partial charge < -0.3 is 20.5 Å². The van der Waals surface area contributed by atoms with E-state index in [9.17, 15) is 22.8 Å². The van der Waals surface area contributed by atoms with Crippen LogP contribution in [0, 0.1) is 13.8 Å². The van der Waals surface area contributed by atoms with Crippen LogP contribution in [0.25, 0.3) is 5.69 Å². The molecular weight excluding hydrogens is 567 g/mol. The second-order valence-electron chi connectivity index (χ2n) is 10.3. The number of rotatable bonds is 7. The van der Waals surface area contributed by atoms with Crippen LogP contribution in [-0.2, 0) is 11.0 Å². The molecule has 2 aromatic carbocycles. The second kappa shape index (κ2) is 10.8. The van der Waals surface area contributed by atoms with Gasteiger partial charge >= 0.3 is 6.18 Å². The largest absolute Gasteiger partial charge is 0.416 e. The zero-order valence-corrected chi connectivity index (χ0v) is 23.4. The molecule has 6 rings (SSSR count). The molecule has 0 spiro atoms. The Morgan fingerprint density at radius 1 is 1.02 bits per heavy atom. The highest BCUT2D eigenvalue weighted by Gasteiger charge is 2.35. The predicted octanol–water partition coefficient (Wildman–Crippen LogP) is 5.95. The quantitative estimate of drug-likeness (QED) is 0.243. The molecule has 2 aromatic heterocycles. The van der Waals surface area contributed by atoms with Gasteiger partial charge in [0.2, 0.25) is 5.91 Å². The van der Waals surface area contributed by atoms with Crippen molar-refractivity contribution in [2.75, 3.05) is 21.7 Å². The number of carbonyl (C=O) groups excluding carboxylic acids is 2. The predicted molar refractivity (Wildman–Crippen MR) is 153 cm³/mol. The first kappa shape index (κ1) is 27.8. The number of halogens is 3. The smallest absolute Gasteiger partial charge is 0.366 e. The second-order valence-corrected chi connectivity index (χ2v) is 11.3. The fraction of sp³-hybridized carbons (Fsp3) is 0.276. The number of nitrogens with zero attached hydrogens (tertiary/aromatic N) is 4. The van der Waals surface area contributed by atoms with Gasteiger partial charge in [-0.3, -0.25) is 9.59 Å². The maximum absolute atomic E-state index is 13.7. The minimum absolute atomic E-state index is 0.0287. The fourth-order valence-corrected chi connectivity index (χ4v) is 5.94. The average Bonchev–Trinajstić information content (AvgIpc) is 3.47. The maximum atomic E-state index is 13.7. The molecule has 1 fully saturated rings. The zero-order chi connectivity index (χ0) is 29.6. The van der Waals surface area contributed by atoms with E-state index in [1.54, 1.807) is 32.2 Å². The molecule has 0 bridgehead atoms. The van der Waals surface area contributed by atoms with E-state index in [0.717, 1.165) is 41.3 Å². The lowest BCUT2D eigenvalue weighted by atomic mass is 10.0. The molecule has 1 saturated carbocycles. The van der Waals surface area contributed by atoms with Gasteiger partial charge in [0.05, 0.1) is 22.1 Å². The number of hydrogen-bond donors (Lipinski definition) is 3. The first-order valence-corrected chi connectivity index (χ1v) is 14.2. The Kier molecular flexibility index (Phi) is 7.13. The summed E-state index contributed by atoms with van der Waals surface area (Å²) < 4.78 is 42.5. The first-order chi connectivity index (χ1) is 20.1. The summed E-state index contributed by atoms with van der Waals surface area (Å²) >= 11 is 1.53. The van der Waals surface area contributed by atoms with Gasteiger partial charge in [0.25, 0.3) is 5.91 Å². The lowest BCUT2D eigenvalue weighted by Gasteiger charge is -2.16.